The lowest BCUT2D eigenvalue weighted by molar-refractivity contribution is -0.112. The second-order valence-electron chi connectivity index (χ2n) is 4.64. The number of hydrogen-bond donors (Lipinski definition) is 1. The van der Waals surface area contributed by atoms with E-state index < -0.39 is 5.91 Å². The van der Waals surface area contributed by atoms with E-state index in [0.717, 1.165) is 15.6 Å². The molecule has 0 heterocycles. The lowest BCUT2D eigenvalue weighted by Crippen LogP contribution is -2.13. The van der Waals surface area contributed by atoms with Crippen LogP contribution in [-0.2, 0) is 4.79 Å². The number of amides is 1. The van der Waals surface area contributed by atoms with Crippen LogP contribution in [0.4, 0.5) is 5.69 Å². The summed E-state index contributed by atoms with van der Waals surface area (Å²) in [4.78, 5) is 12.2. The van der Waals surface area contributed by atoms with Gasteiger partial charge in [-0.2, -0.15) is 5.26 Å². The van der Waals surface area contributed by atoms with E-state index in [-0.39, 0.29) is 5.57 Å². The van der Waals surface area contributed by atoms with Crippen LogP contribution in [0, 0.1) is 18.3 Å². The van der Waals surface area contributed by atoms with Crippen LogP contribution >= 0.6 is 27.5 Å². The maximum atomic E-state index is 12.2. The van der Waals surface area contributed by atoms with Gasteiger partial charge in [0.25, 0.3) is 5.91 Å². The van der Waals surface area contributed by atoms with E-state index >= 15 is 0 Å². The second-order valence-corrected chi connectivity index (χ2v) is 5.96. The van der Waals surface area contributed by atoms with Gasteiger partial charge in [-0.1, -0.05) is 45.7 Å². The summed E-state index contributed by atoms with van der Waals surface area (Å²) in [5, 5.41) is 12.4. The SMILES string of the molecule is Cc1ccc(NC(=O)/C(C#N)=C/c2ccc(Br)cc2)cc1Cl. The number of nitrogens with zero attached hydrogens (tertiary/aromatic N) is 1. The molecule has 1 N–H and O–H groups in total. The molecule has 0 spiro atoms. The molecule has 0 fully saturated rings. The summed E-state index contributed by atoms with van der Waals surface area (Å²) < 4.78 is 0.932. The maximum absolute atomic E-state index is 12.2. The number of carbonyl (C=O) groups is 1. The van der Waals surface area contributed by atoms with Crippen molar-refractivity contribution in [2.24, 2.45) is 0 Å². The van der Waals surface area contributed by atoms with Gasteiger partial charge >= 0.3 is 0 Å². The number of nitrogens with one attached hydrogen (secondary N) is 1. The molecule has 2 aromatic rings. The average Bonchev–Trinajstić information content (AvgIpc) is 2.50. The van der Waals surface area contributed by atoms with E-state index in [2.05, 4.69) is 21.2 Å². The van der Waals surface area contributed by atoms with Gasteiger partial charge in [0.05, 0.1) is 0 Å². The van der Waals surface area contributed by atoms with Gasteiger partial charge in [-0.05, 0) is 48.4 Å². The number of carbonyl (C=O) groups excluding carboxylic acids is 1. The van der Waals surface area contributed by atoms with Gasteiger partial charge in [-0.15, -0.1) is 0 Å². The summed E-state index contributed by atoms with van der Waals surface area (Å²) >= 11 is 9.36. The van der Waals surface area contributed by atoms with E-state index in [9.17, 15) is 10.1 Å². The van der Waals surface area contributed by atoms with Crippen molar-refractivity contribution in [2.45, 2.75) is 6.92 Å². The molecular weight excluding hydrogens is 364 g/mol. The summed E-state index contributed by atoms with van der Waals surface area (Å²) in [6, 6.07) is 14.4. The van der Waals surface area contributed by atoms with Crippen molar-refractivity contribution in [3.05, 3.63) is 68.7 Å². The highest BCUT2D eigenvalue weighted by Gasteiger charge is 2.10. The number of halogens is 2. The van der Waals surface area contributed by atoms with E-state index in [4.69, 9.17) is 11.6 Å². The van der Waals surface area contributed by atoms with Crippen molar-refractivity contribution in [3.63, 3.8) is 0 Å². The third-order valence-electron chi connectivity index (χ3n) is 2.98. The minimum Gasteiger partial charge on any atom is -0.321 e. The van der Waals surface area contributed by atoms with Crippen LogP contribution < -0.4 is 5.32 Å². The molecule has 110 valence electrons. The Bertz CT molecular complexity index is 776. The molecule has 0 bridgehead atoms. The Balaban J connectivity index is 2.20. The molecule has 0 radical (unpaired) electrons. The van der Waals surface area contributed by atoms with Crippen LogP contribution in [0.5, 0.6) is 0 Å². The number of anilines is 1. The van der Waals surface area contributed by atoms with Gasteiger partial charge < -0.3 is 5.32 Å². The van der Waals surface area contributed by atoms with Crippen LogP contribution in [0.15, 0.2) is 52.5 Å². The lowest BCUT2D eigenvalue weighted by Gasteiger charge is -2.06. The fourth-order valence-electron chi connectivity index (χ4n) is 1.74. The quantitative estimate of drug-likeness (QED) is 0.609. The first-order chi connectivity index (χ1) is 10.5. The molecular formula is C17H12BrClN2O. The normalized spacial score (nSPS) is 10.9. The zero-order valence-corrected chi connectivity index (χ0v) is 14.1. The zero-order chi connectivity index (χ0) is 16.1. The molecule has 22 heavy (non-hydrogen) atoms. The molecule has 0 aromatic heterocycles. The molecule has 0 aliphatic rings. The lowest BCUT2D eigenvalue weighted by atomic mass is 10.1. The van der Waals surface area contributed by atoms with Gasteiger partial charge in [-0.25, -0.2) is 0 Å². The Morgan fingerprint density at radius 1 is 1.27 bits per heavy atom. The minimum atomic E-state index is -0.467. The predicted molar refractivity (Wildman–Crippen MR) is 92.6 cm³/mol. The Labute approximate surface area is 142 Å². The molecule has 2 rings (SSSR count). The minimum absolute atomic E-state index is 0.0269. The first kappa shape index (κ1) is 16.3. The molecule has 0 atom stereocenters. The molecule has 5 heteroatoms. The van der Waals surface area contributed by atoms with Gasteiger partial charge in [0.15, 0.2) is 0 Å². The summed E-state index contributed by atoms with van der Waals surface area (Å²) in [7, 11) is 0. The molecule has 2 aromatic carbocycles. The van der Waals surface area contributed by atoms with Crippen LogP contribution in [0.2, 0.25) is 5.02 Å². The van der Waals surface area contributed by atoms with E-state index in [1.54, 1.807) is 12.1 Å². The van der Waals surface area contributed by atoms with Crippen LogP contribution in [0.3, 0.4) is 0 Å². The topological polar surface area (TPSA) is 52.9 Å². The van der Waals surface area contributed by atoms with Crippen molar-refractivity contribution in [1.29, 1.82) is 5.26 Å². The van der Waals surface area contributed by atoms with Gasteiger partial charge in [0.2, 0.25) is 0 Å². The van der Waals surface area contributed by atoms with Crippen molar-refractivity contribution < 1.29 is 4.79 Å². The smallest absolute Gasteiger partial charge is 0.266 e. The molecule has 0 aliphatic heterocycles. The highest BCUT2D eigenvalue weighted by atomic mass is 79.9. The average molecular weight is 376 g/mol. The largest absolute Gasteiger partial charge is 0.321 e. The third-order valence-corrected chi connectivity index (χ3v) is 3.91. The predicted octanol–water partition coefficient (Wildman–Crippen LogP) is 4.96. The van der Waals surface area contributed by atoms with E-state index in [1.807, 2.05) is 43.3 Å². The molecule has 0 saturated carbocycles. The fraction of sp³-hybridized carbons (Fsp3) is 0.0588. The Morgan fingerprint density at radius 2 is 1.95 bits per heavy atom. The molecule has 0 unspecified atom stereocenters. The van der Waals surface area contributed by atoms with Gasteiger partial charge in [0.1, 0.15) is 11.6 Å². The monoisotopic (exact) mass is 374 g/mol. The van der Waals surface area contributed by atoms with Crippen LogP contribution in [0.25, 0.3) is 6.08 Å². The maximum Gasteiger partial charge on any atom is 0.266 e. The van der Waals surface area contributed by atoms with Crippen LogP contribution in [-0.4, -0.2) is 5.91 Å². The summed E-state index contributed by atoms with van der Waals surface area (Å²) in [6.07, 6.45) is 1.54. The number of rotatable bonds is 3. The van der Waals surface area contributed by atoms with E-state index in [0.29, 0.717) is 10.7 Å². The molecule has 1 amide bonds. The molecule has 3 nitrogen and oxygen atoms in total. The highest BCUT2D eigenvalue weighted by Crippen LogP contribution is 2.20. The number of nitriles is 1. The first-order valence-electron chi connectivity index (χ1n) is 6.44. The van der Waals surface area contributed by atoms with Crippen molar-refractivity contribution in [2.75, 3.05) is 5.32 Å². The number of aryl methyl sites for hydroxylation is 1. The van der Waals surface area contributed by atoms with Crippen molar-refractivity contribution in [1.82, 2.24) is 0 Å². The van der Waals surface area contributed by atoms with Gasteiger partial charge in [-0.3, -0.25) is 4.79 Å². The standard InChI is InChI=1S/C17H12BrClN2O/c1-11-2-7-15(9-16(11)19)21-17(22)13(10-20)8-12-3-5-14(18)6-4-12/h2-9H,1H3,(H,21,22)/b13-8+. The van der Waals surface area contributed by atoms with E-state index in [1.165, 1.54) is 6.08 Å². The first-order valence-corrected chi connectivity index (χ1v) is 7.61. The Morgan fingerprint density at radius 3 is 2.55 bits per heavy atom. The summed E-state index contributed by atoms with van der Waals surface area (Å²) in [6.45, 7) is 1.88. The number of benzene rings is 2. The highest BCUT2D eigenvalue weighted by molar-refractivity contribution is 9.10. The Hall–Kier alpha value is -2.09. The van der Waals surface area contributed by atoms with Gasteiger partial charge in [0, 0.05) is 15.2 Å². The summed E-state index contributed by atoms with van der Waals surface area (Å²) in [5.74, 6) is -0.467. The van der Waals surface area contributed by atoms with Crippen LogP contribution in [0.1, 0.15) is 11.1 Å². The molecule has 0 saturated heterocycles. The number of hydrogen-bond acceptors (Lipinski definition) is 2. The second kappa shape index (κ2) is 7.26. The fourth-order valence-corrected chi connectivity index (χ4v) is 2.19. The molecule has 0 aliphatic carbocycles. The summed E-state index contributed by atoms with van der Waals surface area (Å²) in [5.41, 5.74) is 2.28. The zero-order valence-electron chi connectivity index (χ0n) is 11.7. The third kappa shape index (κ3) is 4.20. The Kier molecular flexibility index (Phi) is 5.37. The van der Waals surface area contributed by atoms with Crippen molar-refractivity contribution >= 4 is 45.2 Å². The van der Waals surface area contributed by atoms with Crippen molar-refractivity contribution in [3.8, 4) is 6.07 Å².